The molecule has 2 aromatic rings. The van der Waals surface area contributed by atoms with Crippen LogP contribution in [0, 0.1) is 34.1 Å². The molecule has 1 amide bonds. The maximum absolute atomic E-state index is 12.1. The molecule has 0 atom stereocenters. The molecular weight excluding hydrogens is 312 g/mol. The van der Waals surface area contributed by atoms with Crippen molar-refractivity contribution in [2.75, 3.05) is 5.32 Å². The third kappa shape index (κ3) is 3.23. The lowest BCUT2D eigenvalue weighted by Crippen LogP contribution is -2.12. The Labute approximate surface area is 127 Å². The fourth-order valence-electron chi connectivity index (χ4n) is 1.63. The molecule has 1 aromatic heterocycles. The molecule has 10 heteroatoms. The molecule has 0 unspecified atom stereocenters. The first-order chi connectivity index (χ1) is 10.3. The number of anilines is 1. The summed E-state index contributed by atoms with van der Waals surface area (Å²) in [5.41, 5.74) is -0.464. The highest BCUT2D eigenvalue weighted by Crippen LogP contribution is 2.25. The average molecular weight is 322 g/mol. The van der Waals surface area contributed by atoms with Crippen molar-refractivity contribution in [3.8, 4) is 0 Å². The van der Waals surface area contributed by atoms with Crippen molar-refractivity contribution in [3.63, 3.8) is 0 Å². The number of nitrogens with zero attached hydrogens (tertiary/aromatic N) is 3. The first kappa shape index (κ1) is 15.5. The van der Waals surface area contributed by atoms with Crippen LogP contribution in [-0.2, 0) is 0 Å². The standard InChI is InChI=1S/C12H10N4O5S/c1-6-7(2)22-12(13-6)14-11(17)8-3-9(15(18)19)5-10(4-8)16(20)21/h3-5H,1-2H3,(H,13,14,17). The normalized spacial score (nSPS) is 10.3. The van der Waals surface area contributed by atoms with Crippen LogP contribution in [-0.4, -0.2) is 20.7 Å². The fraction of sp³-hybridized carbons (Fsp3) is 0.167. The van der Waals surface area contributed by atoms with Gasteiger partial charge in [0, 0.05) is 17.0 Å². The van der Waals surface area contributed by atoms with E-state index in [0.29, 0.717) is 5.13 Å². The van der Waals surface area contributed by atoms with Crippen LogP contribution in [0.5, 0.6) is 0 Å². The van der Waals surface area contributed by atoms with Crippen LogP contribution in [0.4, 0.5) is 16.5 Å². The lowest BCUT2D eigenvalue weighted by atomic mass is 10.1. The van der Waals surface area contributed by atoms with Gasteiger partial charge in [0.25, 0.3) is 17.3 Å². The van der Waals surface area contributed by atoms with E-state index in [1.165, 1.54) is 11.3 Å². The Hall–Kier alpha value is -2.88. The summed E-state index contributed by atoms with van der Waals surface area (Å²) in [5, 5.41) is 24.4. The molecule has 0 radical (unpaired) electrons. The SMILES string of the molecule is Cc1nc(NC(=O)c2cc([N+](=O)[O-])cc([N+](=O)[O-])c2)sc1C. The lowest BCUT2D eigenvalue weighted by Gasteiger charge is -2.02. The summed E-state index contributed by atoms with van der Waals surface area (Å²) in [6, 6.07) is 2.76. The van der Waals surface area contributed by atoms with Gasteiger partial charge in [0.2, 0.25) is 0 Å². The Morgan fingerprint density at radius 2 is 1.68 bits per heavy atom. The number of carbonyl (C=O) groups excluding carboxylic acids is 1. The van der Waals surface area contributed by atoms with Crippen molar-refractivity contribution in [3.05, 3.63) is 54.6 Å². The molecule has 0 spiro atoms. The van der Waals surface area contributed by atoms with E-state index in [1.807, 2.05) is 6.92 Å². The van der Waals surface area contributed by atoms with E-state index in [9.17, 15) is 25.0 Å². The molecular formula is C12H10N4O5S. The Morgan fingerprint density at radius 3 is 2.09 bits per heavy atom. The summed E-state index contributed by atoms with van der Waals surface area (Å²) in [7, 11) is 0. The number of rotatable bonds is 4. The summed E-state index contributed by atoms with van der Waals surface area (Å²) in [6.45, 7) is 3.61. The molecule has 1 aromatic carbocycles. The van der Waals surface area contributed by atoms with Gasteiger partial charge < -0.3 is 0 Å². The average Bonchev–Trinajstić information content (AvgIpc) is 2.76. The Morgan fingerprint density at radius 1 is 1.14 bits per heavy atom. The van der Waals surface area contributed by atoms with Crippen molar-refractivity contribution in [2.45, 2.75) is 13.8 Å². The maximum Gasteiger partial charge on any atom is 0.277 e. The van der Waals surface area contributed by atoms with Crippen LogP contribution in [0.3, 0.4) is 0 Å². The zero-order chi connectivity index (χ0) is 16.4. The molecule has 9 nitrogen and oxygen atoms in total. The summed E-state index contributed by atoms with van der Waals surface area (Å²) in [4.78, 5) is 37.1. The molecule has 0 bridgehead atoms. The highest BCUT2D eigenvalue weighted by Gasteiger charge is 2.20. The fourth-order valence-corrected chi connectivity index (χ4v) is 2.44. The number of non-ortho nitro benzene ring substituents is 2. The minimum absolute atomic E-state index is 0.175. The van der Waals surface area contributed by atoms with Crippen LogP contribution in [0.1, 0.15) is 20.9 Å². The molecule has 1 N–H and O–H groups in total. The molecule has 114 valence electrons. The zero-order valence-electron chi connectivity index (χ0n) is 11.5. The van der Waals surface area contributed by atoms with Crippen molar-refractivity contribution < 1.29 is 14.6 Å². The van der Waals surface area contributed by atoms with Crippen LogP contribution >= 0.6 is 11.3 Å². The van der Waals surface area contributed by atoms with Gasteiger partial charge in [-0.15, -0.1) is 11.3 Å². The van der Waals surface area contributed by atoms with Crippen LogP contribution in [0.25, 0.3) is 0 Å². The number of hydrogen-bond donors (Lipinski definition) is 1. The lowest BCUT2D eigenvalue weighted by molar-refractivity contribution is -0.394. The Kier molecular flexibility index (Phi) is 4.13. The summed E-state index contributed by atoms with van der Waals surface area (Å²) >= 11 is 1.25. The Bertz CT molecular complexity index is 734. The first-order valence-corrected chi connectivity index (χ1v) is 6.79. The molecule has 0 aliphatic heterocycles. The van der Waals surface area contributed by atoms with Gasteiger partial charge in [-0.05, 0) is 13.8 Å². The molecule has 0 aliphatic rings. The minimum Gasteiger partial charge on any atom is -0.298 e. The second-order valence-corrected chi connectivity index (χ2v) is 5.57. The predicted molar refractivity (Wildman–Crippen MR) is 79.3 cm³/mol. The van der Waals surface area contributed by atoms with E-state index < -0.39 is 27.1 Å². The minimum atomic E-state index is -0.790. The number of amides is 1. The van der Waals surface area contributed by atoms with E-state index in [1.54, 1.807) is 6.92 Å². The summed E-state index contributed by atoms with van der Waals surface area (Å²) in [6.07, 6.45) is 0. The summed E-state index contributed by atoms with van der Waals surface area (Å²) in [5.74, 6) is -0.694. The monoisotopic (exact) mass is 322 g/mol. The Balaban J connectivity index is 2.36. The number of nitrogens with one attached hydrogen (secondary N) is 1. The van der Waals surface area contributed by atoms with Crippen LogP contribution in [0.15, 0.2) is 18.2 Å². The highest BCUT2D eigenvalue weighted by atomic mass is 32.1. The van der Waals surface area contributed by atoms with E-state index in [-0.39, 0.29) is 5.56 Å². The zero-order valence-corrected chi connectivity index (χ0v) is 12.3. The van der Waals surface area contributed by atoms with Crippen molar-refractivity contribution >= 4 is 33.8 Å². The van der Waals surface area contributed by atoms with E-state index in [2.05, 4.69) is 10.3 Å². The molecule has 2 rings (SSSR count). The van der Waals surface area contributed by atoms with Gasteiger partial charge in [-0.25, -0.2) is 4.98 Å². The van der Waals surface area contributed by atoms with Crippen LogP contribution < -0.4 is 5.32 Å². The number of hydrogen-bond acceptors (Lipinski definition) is 7. The molecule has 0 saturated carbocycles. The van der Waals surface area contributed by atoms with Crippen molar-refractivity contribution in [1.29, 1.82) is 0 Å². The van der Waals surface area contributed by atoms with E-state index >= 15 is 0 Å². The molecule has 0 fully saturated rings. The molecule has 0 aliphatic carbocycles. The number of nitro groups is 2. The van der Waals surface area contributed by atoms with E-state index in [4.69, 9.17) is 0 Å². The molecule has 22 heavy (non-hydrogen) atoms. The van der Waals surface area contributed by atoms with E-state index in [0.717, 1.165) is 28.8 Å². The number of carbonyl (C=O) groups is 1. The largest absolute Gasteiger partial charge is 0.298 e. The van der Waals surface area contributed by atoms with Gasteiger partial charge in [0.05, 0.1) is 27.2 Å². The predicted octanol–water partition coefficient (Wildman–Crippen LogP) is 2.83. The van der Waals surface area contributed by atoms with Gasteiger partial charge in [0.1, 0.15) is 0 Å². The van der Waals surface area contributed by atoms with Gasteiger partial charge in [-0.3, -0.25) is 30.3 Å². The van der Waals surface area contributed by atoms with Gasteiger partial charge >= 0.3 is 0 Å². The smallest absolute Gasteiger partial charge is 0.277 e. The number of aromatic nitrogens is 1. The first-order valence-electron chi connectivity index (χ1n) is 5.97. The molecule has 1 heterocycles. The van der Waals surface area contributed by atoms with Gasteiger partial charge in [0.15, 0.2) is 5.13 Å². The van der Waals surface area contributed by atoms with Crippen molar-refractivity contribution in [2.24, 2.45) is 0 Å². The maximum atomic E-state index is 12.1. The third-order valence-electron chi connectivity index (χ3n) is 2.84. The third-order valence-corrected chi connectivity index (χ3v) is 3.82. The van der Waals surface area contributed by atoms with Crippen molar-refractivity contribution in [1.82, 2.24) is 4.98 Å². The highest BCUT2D eigenvalue weighted by molar-refractivity contribution is 7.15. The van der Waals surface area contributed by atoms with Crippen LogP contribution in [0.2, 0.25) is 0 Å². The number of benzene rings is 1. The second-order valence-electron chi connectivity index (χ2n) is 4.37. The topological polar surface area (TPSA) is 128 Å². The van der Waals surface area contributed by atoms with Gasteiger partial charge in [-0.2, -0.15) is 0 Å². The molecule has 0 saturated heterocycles. The summed E-state index contributed by atoms with van der Waals surface area (Å²) < 4.78 is 0. The number of nitro benzene ring substituents is 2. The van der Waals surface area contributed by atoms with Gasteiger partial charge in [-0.1, -0.05) is 0 Å². The second kappa shape index (κ2) is 5.85. The quantitative estimate of drug-likeness (QED) is 0.680. The number of aryl methyl sites for hydroxylation is 2. The number of thiazole rings is 1.